The molecular weight excluding hydrogens is 208 g/mol. The first-order valence-electron chi connectivity index (χ1n) is 5.00. The van der Waals surface area contributed by atoms with E-state index in [0.717, 1.165) is 13.0 Å². The summed E-state index contributed by atoms with van der Waals surface area (Å²) in [5.41, 5.74) is -0.433. The highest BCUT2D eigenvalue weighted by molar-refractivity contribution is 5.26. The third-order valence-corrected chi connectivity index (χ3v) is 1.92. The van der Waals surface area contributed by atoms with Crippen LogP contribution in [0.15, 0.2) is 23.5 Å². The van der Waals surface area contributed by atoms with Gasteiger partial charge in [-0.05, 0) is 6.42 Å². The third-order valence-electron chi connectivity index (χ3n) is 1.92. The molecule has 2 heterocycles. The highest BCUT2D eigenvalue weighted by atomic mass is 16.1. The molecule has 0 aliphatic heterocycles. The van der Waals surface area contributed by atoms with Crippen LogP contribution in [0.25, 0.3) is 5.95 Å². The maximum Gasteiger partial charge on any atom is 0.351 e. The van der Waals surface area contributed by atoms with Gasteiger partial charge in [-0.25, -0.2) is 9.78 Å². The Bertz CT molecular complexity index is 503. The average Bonchev–Trinajstić information content (AvgIpc) is 2.79. The molecule has 0 atom stereocenters. The molecule has 0 aromatic carbocycles. The molecule has 0 amide bonds. The van der Waals surface area contributed by atoms with Gasteiger partial charge in [0.25, 0.3) is 0 Å². The lowest BCUT2D eigenvalue weighted by Crippen LogP contribution is -2.19. The molecule has 2 N–H and O–H groups in total. The molecule has 0 saturated heterocycles. The van der Waals surface area contributed by atoms with Gasteiger partial charge in [-0.3, -0.25) is 9.55 Å². The van der Waals surface area contributed by atoms with Crippen molar-refractivity contribution < 1.29 is 0 Å². The first-order chi connectivity index (χ1) is 7.79. The van der Waals surface area contributed by atoms with E-state index in [0.29, 0.717) is 11.9 Å². The van der Waals surface area contributed by atoms with Crippen molar-refractivity contribution in [3.63, 3.8) is 0 Å². The molecule has 0 spiro atoms. The summed E-state index contributed by atoms with van der Waals surface area (Å²) in [5, 5.41) is 3.00. The van der Waals surface area contributed by atoms with E-state index in [1.54, 1.807) is 23.3 Å². The van der Waals surface area contributed by atoms with E-state index in [1.165, 1.54) is 0 Å². The van der Waals surface area contributed by atoms with Crippen LogP contribution in [0.4, 0.5) is 5.95 Å². The Balaban J connectivity index is 2.33. The minimum atomic E-state index is -0.433. The Labute approximate surface area is 91.6 Å². The Morgan fingerprint density at radius 3 is 3.06 bits per heavy atom. The van der Waals surface area contributed by atoms with Gasteiger partial charge < -0.3 is 5.32 Å². The maximum absolute atomic E-state index is 11.3. The normalized spacial score (nSPS) is 10.3. The van der Waals surface area contributed by atoms with Crippen molar-refractivity contribution in [2.45, 2.75) is 13.3 Å². The number of H-pyrrole nitrogens is 1. The zero-order chi connectivity index (χ0) is 11.4. The summed E-state index contributed by atoms with van der Waals surface area (Å²) in [4.78, 5) is 25.6. The van der Waals surface area contributed by atoms with Gasteiger partial charge in [0.1, 0.15) is 6.33 Å². The smallest absolute Gasteiger partial charge is 0.351 e. The van der Waals surface area contributed by atoms with Crippen LogP contribution in [0.5, 0.6) is 0 Å². The van der Waals surface area contributed by atoms with Crippen molar-refractivity contribution in [2.75, 3.05) is 11.9 Å². The lowest BCUT2D eigenvalue weighted by atomic mass is 10.5. The van der Waals surface area contributed by atoms with Gasteiger partial charge in [0, 0.05) is 18.9 Å². The van der Waals surface area contributed by atoms with Crippen molar-refractivity contribution in [3.05, 3.63) is 29.2 Å². The summed E-state index contributed by atoms with van der Waals surface area (Å²) >= 11 is 0. The summed E-state index contributed by atoms with van der Waals surface area (Å²) in [6.45, 7) is 2.78. The molecule has 0 aliphatic carbocycles. The second-order valence-corrected chi connectivity index (χ2v) is 3.20. The summed E-state index contributed by atoms with van der Waals surface area (Å²) in [7, 11) is 0. The largest absolute Gasteiger partial charge is 0.356 e. The van der Waals surface area contributed by atoms with Crippen LogP contribution in [0.3, 0.4) is 0 Å². The van der Waals surface area contributed by atoms with Crippen molar-refractivity contribution in [2.24, 2.45) is 0 Å². The Morgan fingerprint density at radius 1 is 1.50 bits per heavy atom. The molecule has 84 valence electrons. The predicted molar refractivity (Wildman–Crippen MR) is 58.6 cm³/mol. The van der Waals surface area contributed by atoms with Crippen LogP contribution in [0.1, 0.15) is 13.3 Å². The number of hydrogen-bond acceptors (Lipinski definition) is 5. The van der Waals surface area contributed by atoms with Gasteiger partial charge in [-0.2, -0.15) is 9.97 Å². The third kappa shape index (κ3) is 2.25. The number of anilines is 1. The van der Waals surface area contributed by atoms with Gasteiger partial charge in [0.2, 0.25) is 11.9 Å². The quantitative estimate of drug-likeness (QED) is 0.766. The van der Waals surface area contributed by atoms with E-state index in [1.807, 2.05) is 6.92 Å². The van der Waals surface area contributed by atoms with E-state index in [9.17, 15) is 4.79 Å². The van der Waals surface area contributed by atoms with E-state index in [-0.39, 0.29) is 0 Å². The topological polar surface area (TPSA) is 88.5 Å². The van der Waals surface area contributed by atoms with Crippen molar-refractivity contribution in [1.29, 1.82) is 0 Å². The van der Waals surface area contributed by atoms with Crippen LogP contribution in [0.2, 0.25) is 0 Å². The lowest BCUT2D eigenvalue weighted by molar-refractivity contribution is 0.856. The molecule has 0 saturated carbocycles. The number of aromatic amines is 1. The van der Waals surface area contributed by atoms with Crippen LogP contribution in [-0.2, 0) is 0 Å². The number of rotatable bonds is 4. The minimum Gasteiger partial charge on any atom is -0.356 e. The molecule has 0 aliphatic rings. The maximum atomic E-state index is 11.3. The predicted octanol–water partition coefficient (Wildman–Crippen LogP) is 0.172. The van der Waals surface area contributed by atoms with Gasteiger partial charge in [-0.15, -0.1) is 0 Å². The van der Waals surface area contributed by atoms with Gasteiger partial charge in [0.15, 0.2) is 0 Å². The molecule has 2 aromatic rings. The molecule has 0 fully saturated rings. The molecule has 7 heteroatoms. The molecular formula is C9H12N6O. The fourth-order valence-corrected chi connectivity index (χ4v) is 1.19. The highest BCUT2D eigenvalue weighted by Gasteiger charge is 2.03. The van der Waals surface area contributed by atoms with Gasteiger partial charge in [-0.1, -0.05) is 6.92 Å². The second kappa shape index (κ2) is 4.56. The van der Waals surface area contributed by atoms with Crippen molar-refractivity contribution in [1.82, 2.24) is 24.5 Å². The first kappa shape index (κ1) is 10.3. The van der Waals surface area contributed by atoms with Crippen LogP contribution >= 0.6 is 0 Å². The fourth-order valence-electron chi connectivity index (χ4n) is 1.19. The number of nitrogens with zero attached hydrogens (tertiary/aromatic N) is 4. The Hall–Kier alpha value is -2.18. The molecule has 2 rings (SSSR count). The van der Waals surface area contributed by atoms with Gasteiger partial charge in [0.05, 0.1) is 0 Å². The molecule has 16 heavy (non-hydrogen) atoms. The SMILES string of the molecule is CCCNc1nc(-n2ccnc2)nc(=O)[nH]1. The zero-order valence-electron chi connectivity index (χ0n) is 8.84. The molecule has 0 radical (unpaired) electrons. The Kier molecular flexibility index (Phi) is 2.95. The van der Waals surface area contributed by atoms with Crippen molar-refractivity contribution in [3.8, 4) is 5.95 Å². The summed E-state index contributed by atoms with van der Waals surface area (Å²) in [5.74, 6) is 0.727. The number of hydrogen-bond donors (Lipinski definition) is 2. The first-order valence-corrected chi connectivity index (χ1v) is 5.00. The monoisotopic (exact) mass is 220 g/mol. The number of nitrogens with one attached hydrogen (secondary N) is 2. The van der Waals surface area contributed by atoms with E-state index < -0.39 is 5.69 Å². The highest BCUT2D eigenvalue weighted by Crippen LogP contribution is 2.00. The molecule has 0 unspecified atom stereocenters. The Morgan fingerprint density at radius 2 is 2.38 bits per heavy atom. The van der Waals surface area contributed by atoms with Gasteiger partial charge >= 0.3 is 5.69 Å². The summed E-state index contributed by atoms with van der Waals surface area (Å²) < 4.78 is 1.58. The molecule has 7 nitrogen and oxygen atoms in total. The van der Waals surface area contributed by atoms with E-state index >= 15 is 0 Å². The zero-order valence-corrected chi connectivity index (χ0v) is 8.84. The standard InChI is InChI=1S/C9H12N6O/c1-2-3-11-7-12-8(14-9(16)13-7)15-5-4-10-6-15/h4-6H,2-3H2,1H3,(H2,11,12,13,14,16). The van der Waals surface area contributed by atoms with E-state index in [2.05, 4.69) is 25.3 Å². The average molecular weight is 220 g/mol. The summed E-state index contributed by atoms with van der Waals surface area (Å²) in [6, 6.07) is 0. The molecule has 0 bridgehead atoms. The van der Waals surface area contributed by atoms with Crippen LogP contribution in [0, 0.1) is 0 Å². The fraction of sp³-hybridized carbons (Fsp3) is 0.333. The lowest BCUT2D eigenvalue weighted by Gasteiger charge is -2.04. The molecule has 2 aromatic heterocycles. The number of aromatic nitrogens is 5. The summed E-state index contributed by atoms with van der Waals surface area (Å²) in [6.07, 6.45) is 5.77. The van der Waals surface area contributed by atoms with E-state index in [4.69, 9.17) is 0 Å². The second-order valence-electron chi connectivity index (χ2n) is 3.20. The van der Waals surface area contributed by atoms with Crippen LogP contribution < -0.4 is 11.0 Å². The number of imidazole rings is 1. The minimum absolute atomic E-state index is 0.305. The van der Waals surface area contributed by atoms with Crippen molar-refractivity contribution >= 4 is 5.95 Å². The van der Waals surface area contributed by atoms with Crippen LogP contribution in [-0.4, -0.2) is 31.0 Å².